The SMILES string of the molecule is O=C(Oc1ccc(NC(=O)c2ccccc2Cl)cc1)c1cccc(OCc2cscn2)c1. The lowest BCUT2D eigenvalue weighted by Crippen LogP contribution is -2.12. The second-order valence-electron chi connectivity index (χ2n) is 6.64. The van der Waals surface area contributed by atoms with Gasteiger partial charge >= 0.3 is 5.97 Å². The van der Waals surface area contributed by atoms with Crippen molar-refractivity contribution < 1.29 is 19.1 Å². The van der Waals surface area contributed by atoms with Crippen molar-refractivity contribution >= 4 is 40.5 Å². The molecule has 0 aliphatic rings. The van der Waals surface area contributed by atoms with E-state index in [1.54, 1.807) is 78.3 Å². The van der Waals surface area contributed by atoms with Crippen LogP contribution in [0, 0.1) is 0 Å². The number of thiazole rings is 1. The highest BCUT2D eigenvalue weighted by Crippen LogP contribution is 2.21. The van der Waals surface area contributed by atoms with Gasteiger partial charge in [-0.1, -0.05) is 29.8 Å². The number of hydrogen-bond donors (Lipinski definition) is 1. The molecular weight excluding hydrogens is 448 g/mol. The predicted octanol–water partition coefficient (Wildman–Crippen LogP) is 5.85. The molecule has 0 saturated carbocycles. The van der Waals surface area contributed by atoms with Crippen molar-refractivity contribution in [3.05, 3.63) is 106 Å². The van der Waals surface area contributed by atoms with Gasteiger partial charge in [0.05, 0.1) is 27.4 Å². The Bertz CT molecular complexity index is 1230. The average molecular weight is 465 g/mol. The van der Waals surface area contributed by atoms with Gasteiger partial charge in [0.25, 0.3) is 5.91 Å². The van der Waals surface area contributed by atoms with Gasteiger partial charge in [0.2, 0.25) is 0 Å². The van der Waals surface area contributed by atoms with Gasteiger partial charge in [0.1, 0.15) is 18.1 Å². The number of rotatable bonds is 7. The number of nitrogens with zero attached hydrogens (tertiary/aromatic N) is 1. The largest absolute Gasteiger partial charge is 0.487 e. The Balaban J connectivity index is 1.36. The van der Waals surface area contributed by atoms with E-state index in [0.717, 1.165) is 5.69 Å². The molecule has 1 N–H and O–H groups in total. The highest BCUT2D eigenvalue weighted by Gasteiger charge is 2.12. The Kier molecular flexibility index (Phi) is 6.79. The summed E-state index contributed by atoms with van der Waals surface area (Å²) in [5.41, 5.74) is 3.84. The molecule has 0 unspecified atom stereocenters. The van der Waals surface area contributed by atoms with Crippen LogP contribution in [0.2, 0.25) is 5.02 Å². The van der Waals surface area contributed by atoms with Crippen LogP contribution in [-0.2, 0) is 6.61 Å². The summed E-state index contributed by atoms with van der Waals surface area (Å²) < 4.78 is 11.1. The van der Waals surface area contributed by atoms with Gasteiger partial charge < -0.3 is 14.8 Å². The van der Waals surface area contributed by atoms with E-state index in [-0.39, 0.29) is 5.91 Å². The quantitative estimate of drug-likeness (QED) is 0.274. The number of aromatic nitrogens is 1. The molecule has 0 aliphatic heterocycles. The van der Waals surface area contributed by atoms with Crippen LogP contribution in [0.1, 0.15) is 26.4 Å². The Labute approximate surface area is 193 Å². The number of amides is 1. The number of esters is 1. The molecule has 32 heavy (non-hydrogen) atoms. The maximum atomic E-state index is 12.5. The second-order valence-corrected chi connectivity index (χ2v) is 7.77. The van der Waals surface area contributed by atoms with E-state index in [0.29, 0.717) is 39.9 Å². The molecule has 0 fully saturated rings. The normalized spacial score (nSPS) is 10.4. The van der Waals surface area contributed by atoms with E-state index < -0.39 is 5.97 Å². The third kappa shape index (κ3) is 5.51. The predicted molar refractivity (Wildman–Crippen MR) is 124 cm³/mol. The summed E-state index contributed by atoms with van der Waals surface area (Å²) in [7, 11) is 0. The van der Waals surface area contributed by atoms with Crippen molar-refractivity contribution in [1.82, 2.24) is 4.98 Å². The van der Waals surface area contributed by atoms with Gasteiger partial charge in [-0.25, -0.2) is 9.78 Å². The standard InChI is InChI=1S/C24H17ClN2O4S/c25-22-7-2-1-6-21(22)23(28)27-17-8-10-19(11-9-17)31-24(29)16-4-3-5-20(12-16)30-13-18-14-32-15-26-18/h1-12,14-15H,13H2,(H,27,28). The number of nitrogens with one attached hydrogen (secondary N) is 1. The minimum Gasteiger partial charge on any atom is -0.487 e. The van der Waals surface area contributed by atoms with E-state index in [9.17, 15) is 9.59 Å². The molecular formula is C24H17ClN2O4S. The third-order valence-corrected chi connectivity index (χ3v) is 5.35. The van der Waals surface area contributed by atoms with Gasteiger partial charge in [-0.3, -0.25) is 4.79 Å². The van der Waals surface area contributed by atoms with Gasteiger partial charge in [-0.15, -0.1) is 11.3 Å². The van der Waals surface area contributed by atoms with E-state index in [1.165, 1.54) is 11.3 Å². The summed E-state index contributed by atoms with van der Waals surface area (Å²) in [6, 6.07) is 20.0. The molecule has 0 atom stereocenters. The van der Waals surface area contributed by atoms with Crippen LogP contribution in [0.4, 0.5) is 5.69 Å². The summed E-state index contributed by atoms with van der Waals surface area (Å²) in [4.78, 5) is 29.0. The van der Waals surface area contributed by atoms with Crippen LogP contribution < -0.4 is 14.8 Å². The highest BCUT2D eigenvalue weighted by molar-refractivity contribution is 7.07. The number of carbonyl (C=O) groups is 2. The lowest BCUT2D eigenvalue weighted by atomic mass is 10.2. The fourth-order valence-corrected chi connectivity index (χ4v) is 3.56. The number of benzene rings is 3. The van der Waals surface area contributed by atoms with Crippen molar-refractivity contribution in [2.75, 3.05) is 5.32 Å². The van der Waals surface area contributed by atoms with Crippen LogP contribution in [0.5, 0.6) is 11.5 Å². The molecule has 1 aromatic heterocycles. The Morgan fingerprint density at radius 1 is 0.969 bits per heavy atom. The van der Waals surface area contributed by atoms with Crippen LogP contribution in [0.3, 0.4) is 0 Å². The molecule has 0 spiro atoms. The lowest BCUT2D eigenvalue weighted by molar-refractivity contribution is 0.0734. The van der Waals surface area contributed by atoms with Crippen molar-refractivity contribution in [1.29, 1.82) is 0 Å². The smallest absolute Gasteiger partial charge is 0.343 e. The first kappa shape index (κ1) is 21.5. The Morgan fingerprint density at radius 2 is 1.78 bits per heavy atom. The zero-order chi connectivity index (χ0) is 22.3. The monoisotopic (exact) mass is 464 g/mol. The first-order chi connectivity index (χ1) is 15.6. The summed E-state index contributed by atoms with van der Waals surface area (Å²) in [6.07, 6.45) is 0. The molecule has 160 valence electrons. The molecule has 4 aromatic rings. The van der Waals surface area contributed by atoms with E-state index in [4.69, 9.17) is 21.1 Å². The van der Waals surface area contributed by atoms with E-state index in [2.05, 4.69) is 10.3 Å². The average Bonchev–Trinajstić information content (AvgIpc) is 3.33. The lowest BCUT2D eigenvalue weighted by Gasteiger charge is -2.09. The van der Waals surface area contributed by atoms with Gasteiger partial charge in [0.15, 0.2) is 0 Å². The van der Waals surface area contributed by atoms with Crippen molar-refractivity contribution in [2.45, 2.75) is 6.61 Å². The van der Waals surface area contributed by atoms with Crippen LogP contribution in [0.25, 0.3) is 0 Å². The minimum atomic E-state index is -0.517. The number of hydrogen-bond acceptors (Lipinski definition) is 6. The Morgan fingerprint density at radius 3 is 2.53 bits per heavy atom. The topological polar surface area (TPSA) is 77.5 Å². The molecule has 0 aliphatic carbocycles. The molecule has 1 amide bonds. The van der Waals surface area contributed by atoms with Crippen LogP contribution in [0.15, 0.2) is 83.7 Å². The summed E-state index contributed by atoms with van der Waals surface area (Å²) >= 11 is 7.55. The number of carbonyl (C=O) groups excluding carboxylic acids is 2. The molecule has 6 nitrogen and oxygen atoms in total. The zero-order valence-corrected chi connectivity index (χ0v) is 18.2. The third-order valence-electron chi connectivity index (χ3n) is 4.38. The van der Waals surface area contributed by atoms with Crippen molar-refractivity contribution in [3.63, 3.8) is 0 Å². The second kappa shape index (κ2) is 10.1. The molecule has 0 saturated heterocycles. The molecule has 3 aromatic carbocycles. The highest BCUT2D eigenvalue weighted by atomic mass is 35.5. The zero-order valence-electron chi connectivity index (χ0n) is 16.7. The first-order valence-electron chi connectivity index (χ1n) is 9.56. The first-order valence-corrected chi connectivity index (χ1v) is 10.9. The molecule has 1 heterocycles. The fraction of sp³-hybridized carbons (Fsp3) is 0.0417. The van der Waals surface area contributed by atoms with Crippen LogP contribution in [-0.4, -0.2) is 16.9 Å². The molecule has 0 bridgehead atoms. The minimum absolute atomic E-state index is 0.323. The van der Waals surface area contributed by atoms with Gasteiger partial charge in [0, 0.05) is 11.1 Å². The van der Waals surface area contributed by atoms with Crippen molar-refractivity contribution in [2.24, 2.45) is 0 Å². The number of ether oxygens (including phenoxy) is 2. The fourth-order valence-electron chi connectivity index (χ4n) is 2.79. The van der Waals surface area contributed by atoms with E-state index in [1.807, 2.05) is 5.38 Å². The summed E-state index contributed by atoms with van der Waals surface area (Å²) in [6.45, 7) is 0.323. The Hall–Kier alpha value is -3.68. The van der Waals surface area contributed by atoms with Gasteiger partial charge in [-0.2, -0.15) is 0 Å². The number of halogens is 1. The summed E-state index contributed by atoms with van der Waals surface area (Å²) in [5.74, 6) is 0.0522. The van der Waals surface area contributed by atoms with Gasteiger partial charge in [-0.05, 0) is 54.6 Å². The van der Waals surface area contributed by atoms with Crippen LogP contribution >= 0.6 is 22.9 Å². The maximum absolute atomic E-state index is 12.5. The molecule has 4 rings (SSSR count). The van der Waals surface area contributed by atoms with E-state index >= 15 is 0 Å². The van der Waals surface area contributed by atoms with Crippen molar-refractivity contribution in [3.8, 4) is 11.5 Å². The summed E-state index contributed by atoms with van der Waals surface area (Å²) in [5, 5.41) is 5.03. The molecule has 8 heteroatoms. The molecule has 0 radical (unpaired) electrons. The maximum Gasteiger partial charge on any atom is 0.343 e. The number of anilines is 1.